The van der Waals surface area contributed by atoms with E-state index < -0.39 is 12.1 Å². The van der Waals surface area contributed by atoms with Crippen LogP contribution in [0.5, 0.6) is 5.75 Å². The first-order chi connectivity index (χ1) is 17.4. The van der Waals surface area contributed by atoms with Gasteiger partial charge in [-0.25, -0.2) is 4.39 Å². The van der Waals surface area contributed by atoms with Gasteiger partial charge in [-0.15, -0.1) is 11.3 Å². The van der Waals surface area contributed by atoms with Gasteiger partial charge in [0, 0.05) is 24.5 Å². The van der Waals surface area contributed by atoms with Crippen molar-refractivity contribution >= 4 is 28.2 Å². The van der Waals surface area contributed by atoms with Gasteiger partial charge < -0.3 is 9.84 Å². The smallest absolute Gasteiger partial charge is 0.303 e. The molecule has 0 bridgehead atoms. The van der Waals surface area contributed by atoms with E-state index in [1.807, 2.05) is 18.2 Å². The second-order valence-electron chi connectivity index (χ2n) is 9.54. The number of benzene rings is 1. The van der Waals surface area contributed by atoms with Gasteiger partial charge in [0.15, 0.2) is 0 Å². The number of aromatic nitrogens is 1. The van der Waals surface area contributed by atoms with Crippen molar-refractivity contribution in [2.45, 2.75) is 45.2 Å². The summed E-state index contributed by atoms with van der Waals surface area (Å²) in [6.07, 6.45) is 3.37. The summed E-state index contributed by atoms with van der Waals surface area (Å²) < 4.78 is 20.8. The Bertz CT molecular complexity index is 1250. The number of alkyl halides is 1. The molecule has 1 saturated heterocycles. The Labute approximate surface area is 216 Å². The first-order valence-corrected chi connectivity index (χ1v) is 13.4. The highest BCUT2D eigenvalue weighted by molar-refractivity contribution is 7.10. The van der Waals surface area contributed by atoms with Crippen LogP contribution in [-0.2, 0) is 4.79 Å². The van der Waals surface area contributed by atoms with E-state index in [9.17, 15) is 9.90 Å². The van der Waals surface area contributed by atoms with Crippen molar-refractivity contribution in [2.75, 3.05) is 26.7 Å². The minimum absolute atomic E-state index is 0.142. The molecule has 0 aliphatic carbocycles. The lowest BCUT2D eigenvalue weighted by atomic mass is 9.79. The molecule has 0 amide bonds. The summed E-state index contributed by atoms with van der Waals surface area (Å²) in [7, 11) is 1.60. The number of rotatable bonds is 9. The molecule has 190 valence electrons. The lowest BCUT2D eigenvalue weighted by Crippen LogP contribution is -2.41. The van der Waals surface area contributed by atoms with Crippen molar-refractivity contribution in [3.8, 4) is 17.6 Å². The van der Waals surface area contributed by atoms with Crippen LogP contribution in [0.3, 0.4) is 0 Å². The summed E-state index contributed by atoms with van der Waals surface area (Å²) in [5.74, 6) is 6.99. The molecule has 7 heteroatoms. The second-order valence-corrected chi connectivity index (χ2v) is 10.5. The molecule has 1 aromatic carbocycles. The van der Waals surface area contributed by atoms with Gasteiger partial charge in [-0.2, -0.15) is 0 Å². The van der Waals surface area contributed by atoms with Gasteiger partial charge >= 0.3 is 5.97 Å². The number of aryl methyl sites for hydroxylation is 1. The SMILES string of the molecule is COc1ccc2nccc([C@H](F)CC[C@@H]3CCN(CC#Cc4sccc4C)C[C@H]3CCC(=O)O)c2c1. The second kappa shape index (κ2) is 12.3. The summed E-state index contributed by atoms with van der Waals surface area (Å²) in [4.78, 5) is 19.1. The summed E-state index contributed by atoms with van der Waals surface area (Å²) in [5.41, 5.74) is 2.59. The Morgan fingerprint density at radius 3 is 2.92 bits per heavy atom. The molecule has 0 radical (unpaired) electrons. The minimum Gasteiger partial charge on any atom is -0.497 e. The summed E-state index contributed by atoms with van der Waals surface area (Å²) in [5, 5.41) is 12.1. The Morgan fingerprint density at radius 1 is 1.31 bits per heavy atom. The van der Waals surface area contributed by atoms with E-state index in [1.54, 1.807) is 30.7 Å². The third-order valence-electron chi connectivity index (χ3n) is 7.18. The van der Waals surface area contributed by atoms with Crippen molar-refractivity contribution in [2.24, 2.45) is 11.8 Å². The van der Waals surface area contributed by atoms with Crippen LogP contribution in [0.4, 0.5) is 4.39 Å². The van der Waals surface area contributed by atoms with Gasteiger partial charge in [0.25, 0.3) is 0 Å². The molecule has 1 aliphatic rings. The van der Waals surface area contributed by atoms with Crippen molar-refractivity contribution < 1.29 is 19.0 Å². The van der Waals surface area contributed by atoms with Crippen LogP contribution in [0.2, 0.25) is 0 Å². The zero-order valence-corrected chi connectivity index (χ0v) is 21.7. The summed E-state index contributed by atoms with van der Waals surface area (Å²) >= 11 is 1.65. The number of thiophene rings is 1. The van der Waals surface area contributed by atoms with Crippen LogP contribution >= 0.6 is 11.3 Å². The van der Waals surface area contributed by atoms with Gasteiger partial charge in [-0.1, -0.05) is 11.8 Å². The molecule has 1 N–H and O–H groups in total. The van der Waals surface area contributed by atoms with Crippen LogP contribution in [0.15, 0.2) is 41.9 Å². The average Bonchev–Trinajstić information content (AvgIpc) is 3.30. The maximum atomic E-state index is 15.5. The largest absolute Gasteiger partial charge is 0.497 e. The zero-order valence-electron chi connectivity index (χ0n) is 20.9. The summed E-state index contributed by atoms with van der Waals surface area (Å²) in [6.45, 7) is 4.45. The molecule has 1 aliphatic heterocycles. The Hall–Kier alpha value is -2.95. The maximum absolute atomic E-state index is 15.5. The first-order valence-electron chi connectivity index (χ1n) is 12.5. The fourth-order valence-corrected chi connectivity index (χ4v) is 5.90. The van der Waals surface area contributed by atoms with E-state index in [1.165, 1.54) is 5.56 Å². The molecule has 0 saturated carbocycles. The van der Waals surface area contributed by atoms with E-state index in [0.29, 0.717) is 36.6 Å². The van der Waals surface area contributed by atoms with Crippen LogP contribution in [-0.4, -0.2) is 47.7 Å². The number of nitrogens with zero attached hydrogens (tertiary/aromatic N) is 2. The highest BCUT2D eigenvalue weighted by Gasteiger charge is 2.30. The van der Waals surface area contributed by atoms with Crippen LogP contribution in [0, 0.1) is 30.6 Å². The number of hydrogen-bond donors (Lipinski definition) is 1. The third-order valence-corrected chi connectivity index (χ3v) is 8.11. The van der Waals surface area contributed by atoms with Gasteiger partial charge in [-0.05, 0) is 97.8 Å². The highest BCUT2D eigenvalue weighted by Crippen LogP contribution is 2.36. The van der Waals surface area contributed by atoms with Gasteiger partial charge in [0.1, 0.15) is 11.9 Å². The fraction of sp³-hybridized carbons (Fsp3) is 0.448. The molecule has 36 heavy (non-hydrogen) atoms. The number of carboxylic acids is 1. The van der Waals surface area contributed by atoms with Crippen molar-refractivity contribution in [1.29, 1.82) is 0 Å². The van der Waals surface area contributed by atoms with Crippen molar-refractivity contribution in [3.05, 3.63) is 57.9 Å². The van der Waals surface area contributed by atoms with Crippen molar-refractivity contribution in [1.82, 2.24) is 9.88 Å². The number of ether oxygens (including phenoxy) is 1. The Morgan fingerprint density at radius 2 is 2.17 bits per heavy atom. The lowest BCUT2D eigenvalue weighted by Gasteiger charge is -2.38. The van der Waals surface area contributed by atoms with Crippen LogP contribution in [0.25, 0.3) is 10.9 Å². The van der Waals surface area contributed by atoms with E-state index >= 15 is 4.39 Å². The third kappa shape index (κ3) is 6.63. The molecule has 0 spiro atoms. The zero-order chi connectivity index (χ0) is 25.5. The topological polar surface area (TPSA) is 62.7 Å². The van der Waals surface area contributed by atoms with Gasteiger partial charge in [0.05, 0.1) is 24.0 Å². The molecule has 1 fully saturated rings. The normalized spacial score (nSPS) is 19.0. The van der Waals surface area contributed by atoms with Gasteiger partial charge in [-0.3, -0.25) is 14.7 Å². The number of aliphatic carboxylic acids is 1. The molecule has 2 aromatic heterocycles. The molecule has 5 nitrogen and oxygen atoms in total. The van der Waals surface area contributed by atoms with Gasteiger partial charge in [0.2, 0.25) is 0 Å². The number of pyridine rings is 1. The minimum atomic E-state index is -1.11. The lowest BCUT2D eigenvalue weighted by molar-refractivity contribution is -0.137. The number of likely N-dealkylation sites (tertiary alicyclic amines) is 1. The van der Waals surface area contributed by atoms with E-state index in [-0.39, 0.29) is 12.3 Å². The molecular formula is C29H33FN2O3S. The molecule has 3 aromatic rings. The quantitative estimate of drug-likeness (QED) is 0.346. The molecule has 3 heterocycles. The molecule has 3 atom stereocenters. The molecule has 4 rings (SSSR count). The predicted octanol–water partition coefficient (Wildman–Crippen LogP) is 6.26. The Balaban J connectivity index is 1.40. The fourth-order valence-electron chi connectivity index (χ4n) is 5.11. The number of carbonyl (C=O) groups is 1. The predicted molar refractivity (Wildman–Crippen MR) is 142 cm³/mol. The van der Waals surface area contributed by atoms with Crippen LogP contribution in [0.1, 0.15) is 54.3 Å². The average molecular weight is 509 g/mol. The molecule has 0 unspecified atom stereocenters. The standard InChI is InChI=1S/C29H33FN2O3S/c1-20-13-17-36-28(20)4-3-15-32-16-12-21(22(19-32)6-10-29(33)34)5-8-26(30)24-11-14-31-27-9-7-23(35-2)18-25(24)27/h7,9,11,13-14,17-18,21-22,26H,5-6,8,10,12,15-16,19H2,1-2H3,(H,33,34)/t21-,22-,26-/m1/s1. The highest BCUT2D eigenvalue weighted by atomic mass is 32.1. The number of halogens is 1. The number of methoxy groups -OCH3 is 1. The first kappa shape index (κ1) is 26.1. The monoisotopic (exact) mass is 508 g/mol. The van der Waals surface area contributed by atoms with E-state index in [4.69, 9.17) is 4.74 Å². The summed E-state index contributed by atoms with van der Waals surface area (Å²) in [6, 6.07) is 9.36. The maximum Gasteiger partial charge on any atom is 0.303 e. The number of fused-ring (bicyclic) bond motifs is 1. The van der Waals surface area contributed by atoms with Crippen LogP contribution < -0.4 is 4.74 Å². The van der Waals surface area contributed by atoms with E-state index in [2.05, 4.69) is 40.1 Å². The number of carboxylic acid groups (broad SMARTS) is 1. The van der Waals surface area contributed by atoms with Crippen molar-refractivity contribution in [3.63, 3.8) is 0 Å². The number of hydrogen-bond acceptors (Lipinski definition) is 5. The Kier molecular flexibility index (Phi) is 8.95. The van der Waals surface area contributed by atoms with E-state index in [0.717, 1.165) is 41.7 Å². The molecular weight excluding hydrogens is 475 g/mol. The number of piperidine rings is 1.